The molecule has 0 aliphatic rings. The molecule has 0 radical (unpaired) electrons. The average molecular weight is 343 g/mol. The Morgan fingerprint density at radius 2 is 1.76 bits per heavy atom. The molecular formula is C18H19BrN2. The number of hydrogen-bond acceptors (Lipinski definition) is 1. The number of rotatable bonds is 3. The highest BCUT2D eigenvalue weighted by molar-refractivity contribution is 9.10. The molecule has 0 saturated heterocycles. The van der Waals surface area contributed by atoms with Crippen LogP contribution in [0.15, 0.2) is 46.9 Å². The smallest absolute Gasteiger partial charge is 0.0423 e. The molecule has 0 atom stereocenters. The molecule has 0 unspecified atom stereocenters. The molecule has 0 saturated carbocycles. The normalized spacial score (nSPS) is 11.0. The van der Waals surface area contributed by atoms with Crippen LogP contribution in [0, 0.1) is 13.8 Å². The zero-order valence-corrected chi connectivity index (χ0v) is 14.2. The van der Waals surface area contributed by atoms with Gasteiger partial charge in [0.05, 0.1) is 0 Å². The lowest BCUT2D eigenvalue weighted by atomic mass is 10.1. The van der Waals surface area contributed by atoms with Gasteiger partial charge >= 0.3 is 0 Å². The van der Waals surface area contributed by atoms with E-state index < -0.39 is 0 Å². The van der Waals surface area contributed by atoms with Gasteiger partial charge in [0.1, 0.15) is 0 Å². The molecule has 1 heterocycles. The van der Waals surface area contributed by atoms with Gasteiger partial charge < -0.3 is 9.88 Å². The number of aromatic nitrogens is 1. The summed E-state index contributed by atoms with van der Waals surface area (Å²) < 4.78 is 3.37. The maximum atomic E-state index is 3.62. The first-order valence-corrected chi connectivity index (χ1v) is 7.90. The van der Waals surface area contributed by atoms with Crippen molar-refractivity contribution < 1.29 is 0 Å². The third kappa shape index (κ3) is 2.58. The Morgan fingerprint density at radius 3 is 2.43 bits per heavy atom. The zero-order chi connectivity index (χ0) is 15.0. The highest BCUT2D eigenvalue weighted by Crippen LogP contribution is 2.30. The van der Waals surface area contributed by atoms with E-state index in [1.807, 2.05) is 0 Å². The van der Waals surface area contributed by atoms with Crippen LogP contribution in [-0.2, 0) is 13.6 Å². The predicted octanol–water partition coefficient (Wildman–Crippen LogP) is 5.17. The fourth-order valence-corrected chi connectivity index (χ4v) is 3.20. The topological polar surface area (TPSA) is 17.0 Å². The Kier molecular flexibility index (Phi) is 3.77. The maximum absolute atomic E-state index is 3.62. The summed E-state index contributed by atoms with van der Waals surface area (Å²) in [6, 6.07) is 14.9. The minimum atomic E-state index is 0.846. The van der Waals surface area contributed by atoms with Gasteiger partial charge in [0, 0.05) is 40.5 Å². The van der Waals surface area contributed by atoms with Crippen LogP contribution in [-0.4, -0.2) is 4.57 Å². The number of anilines is 1. The standard InChI is InChI=1S/C18H19BrN2/c1-12-10-14(13(2)21(12)3)11-20-18-9-8-17(19)15-6-4-5-7-16(15)18/h4-10,20H,11H2,1-3H3. The minimum absolute atomic E-state index is 0.846. The van der Waals surface area contributed by atoms with Gasteiger partial charge in [0.2, 0.25) is 0 Å². The molecular weight excluding hydrogens is 324 g/mol. The van der Waals surface area contributed by atoms with Gasteiger partial charge in [-0.25, -0.2) is 0 Å². The second-order valence-electron chi connectivity index (χ2n) is 5.45. The molecule has 0 aliphatic carbocycles. The number of halogens is 1. The van der Waals surface area contributed by atoms with Crippen molar-refractivity contribution in [3.8, 4) is 0 Å². The number of nitrogens with one attached hydrogen (secondary N) is 1. The van der Waals surface area contributed by atoms with Crippen molar-refractivity contribution in [2.75, 3.05) is 5.32 Å². The minimum Gasteiger partial charge on any atom is -0.380 e. The fraction of sp³-hybridized carbons (Fsp3) is 0.222. The monoisotopic (exact) mass is 342 g/mol. The van der Waals surface area contributed by atoms with Crippen LogP contribution in [0.4, 0.5) is 5.69 Å². The Bertz CT molecular complexity index is 802. The molecule has 2 nitrogen and oxygen atoms in total. The lowest BCUT2D eigenvalue weighted by Crippen LogP contribution is -2.02. The lowest BCUT2D eigenvalue weighted by Gasteiger charge is -2.11. The third-order valence-electron chi connectivity index (χ3n) is 4.22. The van der Waals surface area contributed by atoms with Gasteiger partial charge in [0.25, 0.3) is 0 Å². The van der Waals surface area contributed by atoms with Crippen molar-refractivity contribution in [3.05, 3.63) is 63.9 Å². The molecule has 21 heavy (non-hydrogen) atoms. The van der Waals surface area contributed by atoms with Crippen LogP contribution in [0.2, 0.25) is 0 Å². The van der Waals surface area contributed by atoms with Crippen molar-refractivity contribution >= 4 is 32.4 Å². The van der Waals surface area contributed by atoms with Gasteiger partial charge in [-0.2, -0.15) is 0 Å². The molecule has 2 aromatic carbocycles. The summed E-state index contributed by atoms with van der Waals surface area (Å²) in [5.41, 5.74) is 5.14. The van der Waals surface area contributed by atoms with E-state index in [1.165, 1.54) is 33.4 Å². The predicted molar refractivity (Wildman–Crippen MR) is 93.9 cm³/mol. The van der Waals surface area contributed by atoms with E-state index in [2.05, 4.69) is 89.2 Å². The number of benzene rings is 2. The van der Waals surface area contributed by atoms with E-state index in [4.69, 9.17) is 0 Å². The molecule has 0 fully saturated rings. The second kappa shape index (κ2) is 5.57. The highest BCUT2D eigenvalue weighted by Gasteiger charge is 2.07. The van der Waals surface area contributed by atoms with E-state index >= 15 is 0 Å². The summed E-state index contributed by atoms with van der Waals surface area (Å²) in [5, 5.41) is 6.07. The molecule has 0 bridgehead atoms. The SMILES string of the molecule is Cc1cc(CNc2ccc(Br)c3ccccc23)c(C)n1C. The van der Waals surface area contributed by atoms with Crippen LogP contribution < -0.4 is 5.32 Å². The Morgan fingerprint density at radius 1 is 1.05 bits per heavy atom. The summed E-state index contributed by atoms with van der Waals surface area (Å²) in [4.78, 5) is 0. The van der Waals surface area contributed by atoms with Crippen molar-refractivity contribution in [2.24, 2.45) is 7.05 Å². The van der Waals surface area contributed by atoms with Crippen LogP contribution in [0.3, 0.4) is 0 Å². The van der Waals surface area contributed by atoms with Crippen molar-refractivity contribution in [1.82, 2.24) is 4.57 Å². The number of aryl methyl sites for hydroxylation is 1. The molecule has 3 rings (SSSR count). The van der Waals surface area contributed by atoms with E-state index in [0.29, 0.717) is 0 Å². The first kappa shape index (κ1) is 14.2. The molecule has 0 amide bonds. The van der Waals surface area contributed by atoms with Gasteiger partial charge in [0.15, 0.2) is 0 Å². The van der Waals surface area contributed by atoms with Gasteiger partial charge in [-0.3, -0.25) is 0 Å². The maximum Gasteiger partial charge on any atom is 0.0423 e. The molecule has 0 spiro atoms. The number of hydrogen-bond donors (Lipinski definition) is 1. The van der Waals surface area contributed by atoms with Crippen molar-refractivity contribution in [3.63, 3.8) is 0 Å². The first-order chi connectivity index (χ1) is 10.1. The zero-order valence-electron chi connectivity index (χ0n) is 12.6. The summed E-state index contributed by atoms with van der Waals surface area (Å²) >= 11 is 3.62. The number of fused-ring (bicyclic) bond motifs is 1. The Balaban J connectivity index is 1.92. The van der Waals surface area contributed by atoms with E-state index in [-0.39, 0.29) is 0 Å². The van der Waals surface area contributed by atoms with Crippen LogP contribution in [0.25, 0.3) is 10.8 Å². The van der Waals surface area contributed by atoms with Crippen LogP contribution in [0.1, 0.15) is 17.0 Å². The molecule has 3 aromatic rings. The van der Waals surface area contributed by atoms with Crippen LogP contribution >= 0.6 is 15.9 Å². The molecule has 1 aromatic heterocycles. The summed E-state index contributed by atoms with van der Waals surface area (Å²) in [6.45, 7) is 5.16. The highest BCUT2D eigenvalue weighted by atomic mass is 79.9. The van der Waals surface area contributed by atoms with E-state index in [1.54, 1.807) is 0 Å². The second-order valence-corrected chi connectivity index (χ2v) is 6.30. The van der Waals surface area contributed by atoms with Crippen LogP contribution in [0.5, 0.6) is 0 Å². The van der Waals surface area contributed by atoms with Gasteiger partial charge in [-0.15, -0.1) is 0 Å². The quantitative estimate of drug-likeness (QED) is 0.694. The van der Waals surface area contributed by atoms with Gasteiger partial charge in [-0.1, -0.05) is 40.2 Å². The molecule has 3 heteroatoms. The fourth-order valence-electron chi connectivity index (χ4n) is 2.72. The van der Waals surface area contributed by atoms with Crippen molar-refractivity contribution in [2.45, 2.75) is 20.4 Å². The summed E-state index contributed by atoms with van der Waals surface area (Å²) in [6.07, 6.45) is 0. The van der Waals surface area contributed by atoms with Crippen molar-refractivity contribution in [1.29, 1.82) is 0 Å². The first-order valence-electron chi connectivity index (χ1n) is 7.11. The van der Waals surface area contributed by atoms with E-state index in [0.717, 1.165) is 11.0 Å². The third-order valence-corrected chi connectivity index (χ3v) is 4.91. The Labute approximate surface area is 133 Å². The molecule has 108 valence electrons. The molecule has 1 N–H and O–H groups in total. The number of nitrogens with zero attached hydrogens (tertiary/aromatic N) is 1. The molecule has 0 aliphatic heterocycles. The average Bonchev–Trinajstić information content (AvgIpc) is 2.74. The van der Waals surface area contributed by atoms with Gasteiger partial charge in [-0.05, 0) is 43.0 Å². The summed E-state index contributed by atoms with van der Waals surface area (Å²) in [7, 11) is 2.11. The lowest BCUT2D eigenvalue weighted by molar-refractivity contribution is 0.837. The summed E-state index contributed by atoms with van der Waals surface area (Å²) in [5.74, 6) is 0. The Hall–Kier alpha value is -1.74. The van der Waals surface area contributed by atoms with E-state index in [9.17, 15) is 0 Å². The largest absolute Gasteiger partial charge is 0.380 e.